The molecule has 0 N–H and O–H groups in total. The van der Waals surface area contributed by atoms with Crippen molar-refractivity contribution in [1.29, 1.82) is 0 Å². The molecule has 5 aromatic heterocycles. The molecule has 0 spiro atoms. The summed E-state index contributed by atoms with van der Waals surface area (Å²) in [6.07, 6.45) is 1.86. The van der Waals surface area contributed by atoms with Crippen LogP contribution in [0.25, 0.3) is 122 Å². The molecule has 5 heterocycles. The molecule has 13 rings (SSSR count). The Hall–Kier alpha value is -7.96. The van der Waals surface area contributed by atoms with Crippen LogP contribution in [-0.4, -0.2) is 19.1 Å². The molecule has 58 heavy (non-hydrogen) atoms. The van der Waals surface area contributed by atoms with E-state index in [4.69, 9.17) is 18.8 Å². The summed E-state index contributed by atoms with van der Waals surface area (Å²) in [6, 6.07) is 61.9. The van der Waals surface area contributed by atoms with E-state index in [-0.39, 0.29) is 0 Å². The van der Waals surface area contributed by atoms with Gasteiger partial charge in [-0.05, 0) is 96.1 Å². The molecule has 0 amide bonds. The number of para-hydroxylation sites is 4. The van der Waals surface area contributed by atoms with Crippen molar-refractivity contribution in [1.82, 2.24) is 19.1 Å². The fraction of sp³-hybridized carbons (Fsp3) is 0. The Morgan fingerprint density at radius 1 is 0.345 bits per heavy atom. The molecule has 0 saturated heterocycles. The Balaban J connectivity index is 1.01. The molecule has 0 aliphatic heterocycles. The summed E-state index contributed by atoms with van der Waals surface area (Å²) in [6.45, 7) is 0. The quantitative estimate of drug-likeness (QED) is 0.180. The predicted molar refractivity (Wildman–Crippen MR) is 236 cm³/mol. The van der Waals surface area contributed by atoms with Crippen molar-refractivity contribution in [3.63, 3.8) is 0 Å². The topological polar surface area (TPSA) is 61.9 Å². The number of rotatable bonds is 4. The molecule has 6 nitrogen and oxygen atoms in total. The van der Waals surface area contributed by atoms with E-state index >= 15 is 0 Å². The summed E-state index contributed by atoms with van der Waals surface area (Å²) in [4.78, 5) is 10.2. The van der Waals surface area contributed by atoms with Gasteiger partial charge in [0, 0.05) is 60.5 Å². The highest BCUT2D eigenvalue weighted by molar-refractivity contribution is 6.19. The van der Waals surface area contributed by atoms with Crippen LogP contribution in [0.15, 0.2) is 191 Å². The molecule has 0 atom stereocenters. The van der Waals surface area contributed by atoms with Crippen LogP contribution in [0.5, 0.6) is 0 Å². The fourth-order valence-electron chi connectivity index (χ4n) is 9.16. The lowest BCUT2D eigenvalue weighted by atomic mass is 10.0. The maximum Gasteiger partial charge on any atom is 0.235 e. The fourth-order valence-corrected chi connectivity index (χ4v) is 9.16. The molecule has 13 aromatic rings. The van der Waals surface area contributed by atoms with Crippen LogP contribution < -0.4 is 0 Å². The number of nitrogens with zero attached hydrogens (tertiary/aromatic N) is 4. The molecule has 270 valence electrons. The van der Waals surface area contributed by atoms with Gasteiger partial charge in [0.2, 0.25) is 5.95 Å². The van der Waals surface area contributed by atoms with E-state index in [1.54, 1.807) is 0 Å². The van der Waals surface area contributed by atoms with Crippen molar-refractivity contribution < 1.29 is 8.83 Å². The van der Waals surface area contributed by atoms with E-state index in [0.29, 0.717) is 5.95 Å². The van der Waals surface area contributed by atoms with Crippen molar-refractivity contribution >= 4 is 87.5 Å². The smallest absolute Gasteiger partial charge is 0.235 e. The molecule has 0 aliphatic rings. The summed E-state index contributed by atoms with van der Waals surface area (Å²) in [5.74, 6) is 0.618. The minimum atomic E-state index is 0.618. The van der Waals surface area contributed by atoms with Gasteiger partial charge in [0.15, 0.2) is 0 Å². The highest BCUT2D eigenvalue weighted by Gasteiger charge is 2.20. The normalized spacial score (nSPS) is 12.1. The van der Waals surface area contributed by atoms with Crippen LogP contribution in [0, 0.1) is 0 Å². The van der Waals surface area contributed by atoms with Gasteiger partial charge in [-0.3, -0.25) is 4.57 Å². The van der Waals surface area contributed by atoms with Gasteiger partial charge in [-0.25, -0.2) is 9.97 Å². The Morgan fingerprint density at radius 3 is 1.60 bits per heavy atom. The van der Waals surface area contributed by atoms with Crippen molar-refractivity contribution in [3.8, 4) is 34.0 Å². The molecule has 0 bridgehead atoms. The van der Waals surface area contributed by atoms with Gasteiger partial charge in [0.25, 0.3) is 0 Å². The van der Waals surface area contributed by atoms with Crippen molar-refractivity contribution in [2.24, 2.45) is 0 Å². The number of aromatic nitrogens is 4. The third-order valence-electron chi connectivity index (χ3n) is 11.8. The second-order valence-electron chi connectivity index (χ2n) is 15.0. The van der Waals surface area contributed by atoms with Crippen molar-refractivity contribution in [2.45, 2.75) is 0 Å². The Morgan fingerprint density at radius 2 is 0.897 bits per heavy atom. The first kappa shape index (κ1) is 31.3. The van der Waals surface area contributed by atoms with E-state index in [9.17, 15) is 0 Å². The van der Waals surface area contributed by atoms with Gasteiger partial charge < -0.3 is 13.4 Å². The standard InChI is InChI=1S/C52H30N4O2/c1-5-16-44-35(12-1)39-29-40-36-13-2-6-17-45(36)56(52-53-25-24-43(54-52)33-21-23-51-42(28-33)38-15-4-8-19-49(38)58-51)47(40)30-46(39)55(44)34-11-9-10-31(26-34)32-20-22-50-41(27-32)37-14-3-7-18-48(37)57-50/h1-30H. The van der Waals surface area contributed by atoms with Crippen LogP contribution in [0.4, 0.5) is 0 Å². The minimum absolute atomic E-state index is 0.618. The zero-order valence-corrected chi connectivity index (χ0v) is 30.9. The molecule has 0 unspecified atom stereocenters. The van der Waals surface area contributed by atoms with Gasteiger partial charge in [-0.1, -0.05) is 91.0 Å². The predicted octanol–water partition coefficient (Wildman–Crippen LogP) is 13.8. The first-order valence-corrected chi connectivity index (χ1v) is 19.5. The average Bonchev–Trinajstić information content (AvgIpc) is 4.03. The van der Waals surface area contributed by atoms with Gasteiger partial charge in [0.05, 0.1) is 27.8 Å². The SMILES string of the molecule is c1cc(-c2ccc3oc4ccccc4c3c2)cc(-n2c3ccccc3c3cc4c5ccccc5n(-c5nccc(-c6ccc7oc8ccccc8c7c6)n5)c4cc32)c1. The molecular formula is C52H30N4O2. The number of furan rings is 2. The zero-order valence-electron chi connectivity index (χ0n) is 30.9. The van der Waals surface area contributed by atoms with Crippen LogP contribution in [0.3, 0.4) is 0 Å². The lowest BCUT2D eigenvalue weighted by Gasteiger charge is -2.11. The van der Waals surface area contributed by atoms with E-state index < -0.39 is 0 Å². The Bertz CT molecular complexity index is 3580. The third kappa shape index (κ3) is 4.48. The lowest BCUT2D eigenvalue weighted by Crippen LogP contribution is -2.02. The molecular weight excluding hydrogens is 713 g/mol. The first-order chi connectivity index (χ1) is 28.7. The number of fused-ring (bicyclic) bond motifs is 12. The summed E-state index contributed by atoms with van der Waals surface area (Å²) in [5, 5.41) is 9.10. The summed E-state index contributed by atoms with van der Waals surface area (Å²) >= 11 is 0. The molecule has 0 aliphatic carbocycles. The largest absolute Gasteiger partial charge is 0.456 e. The van der Waals surface area contributed by atoms with Gasteiger partial charge >= 0.3 is 0 Å². The zero-order chi connectivity index (χ0) is 37.9. The number of hydrogen-bond donors (Lipinski definition) is 0. The second kappa shape index (κ2) is 11.8. The third-order valence-corrected chi connectivity index (χ3v) is 11.8. The van der Waals surface area contributed by atoms with Crippen molar-refractivity contribution in [3.05, 3.63) is 182 Å². The Kier molecular flexibility index (Phi) is 6.35. The van der Waals surface area contributed by atoms with E-state index in [2.05, 4.69) is 143 Å². The molecule has 8 aromatic carbocycles. The van der Waals surface area contributed by atoms with Crippen LogP contribution in [0.2, 0.25) is 0 Å². The number of benzene rings is 8. The maximum atomic E-state index is 6.16. The van der Waals surface area contributed by atoms with Crippen LogP contribution in [-0.2, 0) is 0 Å². The summed E-state index contributed by atoms with van der Waals surface area (Å²) in [5.41, 5.74) is 13.1. The average molecular weight is 743 g/mol. The molecule has 6 heteroatoms. The lowest BCUT2D eigenvalue weighted by molar-refractivity contribution is 0.668. The number of hydrogen-bond acceptors (Lipinski definition) is 4. The molecule has 0 radical (unpaired) electrons. The molecule has 0 fully saturated rings. The van der Waals surface area contributed by atoms with E-state index in [1.165, 1.54) is 10.8 Å². The maximum absolute atomic E-state index is 6.16. The summed E-state index contributed by atoms with van der Waals surface area (Å²) in [7, 11) is 0. The minimum Gasteiger partial charge on any atom is -0.456 e. The van der Waals surface area contributed by atoms with Crippen LogP contribution >= 0.6 is 0 Å². The molecule has 0 saturated carbocycles. The van der Waals surface area contributed by atoms with E-state index in [0.717, 1.165) is 105 Å². The van der Waals surface area contributed by atoms with Gasteiger partial charge in [-0.15, -0.1) is 0 Å². The van der Waals surface area contributed by atoms with Crippen molar-refractivity contribution in [2.75, 3.05) is 0 Å². The van der Waals surface area contributed by atoms with Gasteiger partial charge in [0.1, 0.15) is 22.3 Å². The van der Waals surface area contributed by atoms with Crippen LogP contribution in [0.1, 0.15) is 0 Å². The van der Waals surface area contributed by atoms with E-state index in [1.807, 2.05) is 48.7 Å². The first-order valence-electron chi connectivity index (χ1n) is 19.5. The highest BCUT2D eigenvalue weighted by atomic mass is 16.3. The summed E-state index contributed by atoms with van der Waals surface area (Å²) < 4.78 is 16.9. The monoisotopic (exact) mass is 742 g/mol. The highest BCUT2D eigenvalue weighted by Crippen LogP contribution is 2.41. The Labute approximate surface area is 330 Å². The second-order valence-corrected chi connectivity index (χ2v) is 15.0. The van der Waals surface area contributed by atoms with Gasteiger partial charge in [-0.2, -0.15) is 0 Å².